The van der Waals surface area contributed by atoms with Crippen LogP contribution in [0.25, 0.3) is 0 Å². The molecule has 112 valence electrons. The van der Waals surface area contributed by atoms with Crippen LogP contribution in [0.3, 0.4) is 0 Å². The van der Waals surface area contributed by atoms with E-state index in [0.717, 1.165) is 19.3 Å². The van der Waals surface area contributed by atoms with Gasteiger partial charge in [0, 0.05) is 18.4 Å². The summed E-state index contributed by atoms with van der Waals surface area (Å²) < 4.78 is 10.7. The maximum atomic E-state index is 12.0. The van der Waals surface area contributed by atoms with Gasteiger partial charge in [-0.05, 0) is 25.5 Å². The Labute approximate surface area is 120 Å². The van der Waals surface area contributed by atoms with E-state index in [0.29, 0.717) is 23.7 Å². The molecule has 0 bridgehead atoms. The van der Waals surface area contributed by atoms with Gasteiger partial charge in [0.25, 0.3) is 5.91 Å². The molecular weight excluding hydrogens is 256 g/mol. The van der Waals surface area contributed by atoms with Crippen LogP contribution < -0.4 is 15.8 Å². The number of hydrogen-bond acceptors (Lipinski definition) is 4. The number of hydrogen-bond donors (Lipinski definition) is 2. The van der Waals surface area contributed by atoms with Crippen LogP contribution in [0.5, 0.6) is 5.75 Å². The van der Waals surface area contributed by atoms with Crippen molar-refractivity contribution in [1.82, 2.24) is 0 Å². The minimum absolute atomic E-state index is 0.190. The Morgan fingerprint density at radius 2 is 2.15 bits per heavy atom. The van der Waals surface area contributed by atoms with Crippen molar-refractivity contribution in [3.63, 3.8) is 0 Å². The van der Waals surface area contributed by atoms with Crippen LogP contribution in [-0.2, 0) is 9.53 Å². The number of ether oxygens (including phenoxy) is 2. The van der Waals surface area contributed by atoms with Crippen molar-refractivity contribution in [3.05, 3.63) is 18.2 Å². The van der Waals surface area contributed by atoms with Crippen LogP contribution in [0.2, 0.25) is 0 Å². The molecule has 1 aromatic rings. The third-order valence-corrected chi connectivity index (χ3v) is 2.97. The average molecular weight is 280 g/mol. The molecule has 1 atom stereocenters. The first-order valence-electron chi connectivity index (χ1n) is 6.94. The van der Waals surface area contributed by atoms with E-state index in [1.165, 1.54) is 7.11 Å². The second-order valence-electron chi connectivity index (χ2n) is 4.67. The van der Waals surface area contributed by atoms with E-state index in [4.69, 9.17) is 15.2 Å². The Kier molecular flexibility index (Phi) is 6.87. The van der Waals surface area contributed by atoms with Gasteiger partial charge in [-0.1, -0.05) is 19.8 Å². The van der Waals surface area contributed by atoms with Crippen LogP contribution >= 0.6 is 0 Å². The van der Waals surface area contributed by atoms with Crippen molar-refractivity contribution in [3.8, 4) is 5.75 Å². The summed E-state index contributed by atoms with van der Waals surface area (Å²) in [5.41, 5.74) is 6.85. The van der Waals surface area contributed by atoms with Crippen molar-refractivity contribution in [2.24, 2.45) is 0 Å². The number of anilines is 2. The Bertz CT molecular complexity index is 435. The largest absolute Gasteiger partial charge is 0.494 e. The number of amides is 1. The monoisotopic (exact) mass is 280 g/mol. The van der Waals surface area contributed by atoms with Crippen LogP contribution in [0, 0.1) is 0 Å². The van der Waals surface area contributed by atoms with Gasteiger partial charge in [-0.15, -0.1) is 0 Å². The number of rotatable bonds is 8. The quantitative estimate of drug-likeness (QED) is 0.567. The topological polar surface area (TPSA) is 73.6 Å². The average Bonchev–Trinajstić information content (AvgIpc) is 2.45. The van der Waals surface area contributed by atoms with E-state index in [1.54, 1.807) is 25.1 Å². The number of unbranched alkanes of at least 4 members (excludes halogenated alkanes) is 2. The summed E-state index contributed by atoms with van der Waals surface area (Å²) in [6, 6.07) is 5.10. The second kappa shape index (κ2) is 8.43. The summed E-state index contributed by atoms with van der Waals surface area (Å²) in [4.78, 5) is 12.0. The number of nitrogens with two attached hydrogens (primary N) is 1. The van der Waals surface area contributed by atoms with Gasteiger partial charge in [0.15, 0.2) is 0 Å². The second-order valence-corrected chi connectivity index (χ2v) is 4.67. The molecule has 0 saturated carbocycles. The predicted molar refractivity (Wildman–Crippen MR) is 81.0 cm³/mol. The van der Waals surface area contributed by atoms with E-state index in [9.17, 15) is 4.79 Å². The van der Waals surface area contributed by atoms with Gasteiger partial charge in [0.1, 0.15) is 11.9 Å². The lowest BCUT2D eigenvalue weighted by Gasteiger charge is -2.15. The summed E-state index contributed by atoms with van der Waals surface area (Å²) in [7, 11) is 1.54. The number of carbonyl (C=O) groups is 1. The minimum Gasteiger partial charge on any atom is -0.494 e. The van der Waals surface area contributed by atoms with Crippen LogP contribution in [0.1, 0.15) is 33.1 Å². The van der Waals surface area contributed by atoms with Crippen LogP contribution in [0.15, 0.2) is 18.2 Å². The highest BCUT2D eigenvalue weighted by molar-refractivity contribution is 5.95. The van der Waals surface area contributed by atoms with Crippen molar-refractivity contribution in [2.75, 3.05) is 24.8 Å². The molecule has 1 aromatic carbocycles. The highest BCUT2D eigenvalue weighted by Gasteiger charge is 2.15. The number of nitrogens with one attached hydrogen (secondary N) is 1. The van der Waals surface area contributed by atoms with Gasteiger partial charge < -0.3 is 20.5 Å². The molecule has 0 radical (unpaired) electrons. The van der Waals surface area contributed by atoms with E-state index in [-0.39, 0.29) is 5.91 Å². The van der Waals surface area contributed by atoms with Crippen molar-refractivity contribution < 1.29 is 14.3 Å². The first-order valence-corrected chi connectivity index (χ1v) is 6.94. The Morgan fingerprint density at radius 1 is 1.40 bits per heavy atom. The minimum atomic E-state index is -0.492. The number of carbonyl (C=O) groups excluding carboxylic acids is 1. The highest BCUT2D eigenvalue weighted by atomic mass is 16.5. The Balaban J connectivity index is 2.52. The maximum absolute atomic E-state index is 12.0. The zero-order chi connectivity index (χ0) is 15.0. The predicted octanol–water partition coefficient (Wildman–Crippen LogP) is 2.81. The molecule has 0 aliphatic heterocycles. The standard InChI is InChI=1S/C15H24N2O3/c1-4-5-6-9-20-11(2)15(18)17-13-8-7-12(16)10-14(13)19-3/h7-8,10-11H,4-6,9,16H2,1-3H3,(H,17,18). The normalized spacial score (nSPS) is 11.9. The van der Waals surface area contributed by atoms with E-state index >= 15 is 0 Å². The van der Waals surface area contributed by atoms with Gasteiger partial charge in [-0.25, -0.2) is 0 Å². The van der Waals surface area contributed by atoms with Crippen molar-refractivity contribution in [1.29, 1.82) is 0 Å². The van der Waals surface area contributed by atoms with Gasteiger partial charge in [-0.3, -0.25) is 4.79 Å². The van der Waals surface area contributed by atoms with Gasteiger partial charge in [0.2, 0.25) is 0 Å². The fraction of sp³-hybridized carbons (Fsp3) is 0.533. The highest BCUT2D eigenvalue weighted by Crippen LogP contribution is 2.26. The molecule has 0 aliphatic carbocycles. The third-order valence-electron chi connectivity index (χ3n) is 2.97. The Morgan fingerprint density at radius 3 is 2.80 bits per heavy atom. The fourth-order valence-corrected chi connectivity index (χ4v) is 1.73. The van der Waals surface area contributed by atoms with Gasteiger partial charge in [0.05, 0.1) is 12.8 Å². The smallest absolute Gasteiger partial charge is 0.253 e. The summed E-state index contributed by atoms with van der Waals surface area (Å²) in [5, 5.41) is 2.78. The molecule has 3 N–H and O–H groups in total. The first kappa shape index (κ1) is 16.3. The molecular formula is C15H24N2O3. The summed E-state index contributed by atoms with van der Waals surface area (Å²) >= 11 is 0. The lowest BCUT2D eigenvalue weighted by Crippen LogP contribution is -2.28. The van der Waals surface area contributed by atoms with Crippen LogP contribution in [0.4, 0.5) is 11.4 Å². The number of nitrogen functional groups attached to an aromatic ring is 1. The molecule has 0 spiro atoms. The molecule has 5 nitrogen and oxygen atoms in total. The van der Waals surface area contributed by atoms with Gasteiger partial charge >= 0.3 is 0 Å². The first-order chi connectivity index (χ1) is 9.58. The summed E-state index contributed by atoms with van der Waals surface area (Å²) in [6.07, 6.45) is 2.72. The molecule has 1 amide bonds. The van der Waals surface area contributed by atoms with Crippen molar-refractivity contribution >= 4 is 17.3 Å². The summed E-state index contributed by atoms with van der Waals surface area (Å²) in [5.74, 6) is 0.348. The van der Waals surface area contributed by atoms with Crippen molar-refractivity contribution in [2.45, 2.75) is 39.2 Å². The molecule has 20 heavy (non-hydrogen) atoms. The SMILES string of the molecule is CCCCCOC(C)C(=O)Nc1ccc(N)cc1OC. The molecule has 5 heteroatoms. The Hall–Kier alpha value is -1.75. The lowest BCUT2D eigenvalue weighted by molar-refractivity contribution is -0.126. The molecule has 0 aromatic heterocycles. The van der Waals surface area contributed by atoms with E-state index in [1.807, 2.05) is 0 Å². The number of benzene rings is 1. The fourth-order valence-electron chi connectivity index (χ4n) is 1.73. The molecule has 1 rings (SSSR count). The van der Waals surface area contributed by atoms with Crippen LogP contribution in [-0.4, -0.2) is 25.7 Å². The molecule has 0 heterocycles. The molecule has 0 saturated heterocycles. The number of methoxy groups -OCH3 is 1. The molecule has 0 aliphatic rings. The molecule has 1 unspecified atom stereocenters. The zero-order valence-electron chi connectivity index (χ0n) is 12.4. The van der Waals surface area contributed by atoms with Gasteiger partial charge in [-0.2, -0.15) is 0 Å². The zero-order valence-corrected chi connectivity index (χ0v) is 12.4. The lowest BCUT2D eigenvalue weighted by atomic mass is 10.2. The summed E-state index contributed by atoms with van der Waals surface area (Å²) in [6.45, 7) is 4.47. The van der Waals surface area contributed by atoms with E-state index < -0.39 is 6.10 Å². The maximum Gasteiger partial charge on any atom is 0.253 e. The van der Waals surface area contributed by atoms with E-state index in [2.05, 4.69) is 12.2 Å². The third kappa shape index (κ3) is 5.09. The molecule has 0 fully saturated rings.